The van der Waals surface area contributed by atoms with E-state index in [1.54, 1.807) is 4.57 Å². The molecule has 2 aliphatic carbocycles. The van der Waals surface area contributed by atoms with Crippen LogP contribution in [0.25, 0.3) is 0 Å². The van der Waals surface area contributed by atoms with Crippen molar-refractivity contribution in [2.24, 2.45) is 7.05 Å². The van der Waals surface area contributed by atoms with Gasteiger partial charge in [0.2, 0.25) is 0 Å². The van der Waals surface area contributed by atoms with Gasteiger partial charge in [-0.2, -0.15) is 0 Å². The number of nitrogens with zero attached hydrogens (tertiary/aromatic N) is 1. The second-order valence-electron chi connectivity index (χ2n) is 5.49. The first-order valence-electron chi connectivity index (χ1n) is 6.56. The van der Waals surface area contributed by atoms with Crippen LogP contribution in [0.3, 0.4) is 0 Å². The maximum Gasteiger partial charge on any atom is 0.256 e. The highest BCUT2D eigenvalue weighted by molar-refractivity contribution is 5.33. The zero-order valence-corrected chi connectivity index (χ0v) is 10.3. The number of aromatic nitrogens is 1. The monoisotopic (exact) mass is 233 g/mol. The van der Waals surface area contributed by atoms with Crippen molar-refractivity contribution in [1.82, 2.24) is 4.57 Å². The van der Waals surface area contributed by atoms with Gasteiger partial charge in [0.15, 0.2) is 0 Å². The van der Waals surface area contributed by atoms with Crippen LogP contribution in [0.15, 0.2) is 10.9 Å². The van der Waals surface area contributed by atoms with Crippen LogP contribution in [0.5, 0.6) is 0 Å². The Bertz CT molecular complexity index is 512. The molecule has 0 bridgehead atoms. The van der Waals surface area contributed by atoms with Crippen LogP contribution in [0, 0.1) is 0 Å². The van der Waals surface area contributed by atoms with Gasteiger partial charge in [0.25, 0.3) is 5.56 Å². The Balaban J connectivity index is 2.17. The van der Waals surface area contributed by atoms with Crippen LogP contribution in [0.2, 0.25) is 0 Å². The first-order valence-corrected chi connectivity index (χ1v) is 6.56. The molecule has 0 atom stereocenters. The number of aryl methyl sites for hydroxylation is 1. The van der Waals surface area contributed by atoms with E-state index in [2.05, 4.69) is 0 Å². The van der Waals surface area contributed by atoms with Crippen molar-refractivity contribution in [3.8, 4) is 0 Å². The van der Waals surface area contributed by atoms with Crippen molar-refractivity contribution in [2.75, 3.05) is 0 Å². The van der Waals surface area contributed by atoms with Crippen LogP contribution >= 0.6 is 0 Å². The Kier molecular flexibility index (Phi) is 2.40. The lowest BCUT2D eigenvalue weighted by Crippen LogP contribution is -2.29. The molecule has 1 aromatic rings. The van der Waals surface area contributed by atoms with Crippen LogP contribution in [0.4, 0.5) is 0 Å². The first-order chi connectivity index (χ1) is 8.12. The molecule has 0 radical (unpaired) electrons. The van der Waals surface area contributed by atoms with E-state index in [4.69, 9.17) is 0 Å². The molecule has 2 aliphatic rings. The zero-order valence-electron chi connectivity index (χ0n) is 10.3. The van der Waals surface area contributed by atoms with Gasteiger partial charge in [-0.3, -0.25) is 4.79 Å². The smallest absolute Gasteiger partial charge is 0.256 e. The Hall–Kier alpha value is -1.09. The largest absolute Gasteiger partial charge is 0.385 e. The average molecular weight is 233 g/mol. The summed E-state index contributed by atoms with van der Waals surface area (Å²) in [5, 5.41) is 10.2. The van der Waals surface area contributed by atoms with E-state index in [1.807, 2.05) is 13.1 Å². The molecule has 0 aliphatic heterocycles. The predicted octanol–water partition coefficient (Wildman–Crippen LogP) is 1.64. The number of hydrogen-bond donors (Lipinski definition) is 1. The molecular formula is C14H19NO2. The van der Waals surface area contributed by atoms with E-state index >= 15 is 0 Å². The van der Waals surface area contributed by atoms with Gasteiger partial charge < -0.3 is 9.67 Å². The van der Waals surface area contributed by atoms with Gasteiger partial charge in [-0.1, -0.05) is 6.42 Å². The SMILES string of the molecule is Cn1c2c(cc(C3(O)CC3)c1=O)CCCCC2. The number of hydrogen-bond acceptors (Lipinski definition) is 2. The summed E-state index contributed by atoms with van der Waals surface area (Å²) in [6.45, 7) is 0. The quantitative estimate of drug-likeness (QED) is 0.749. The predicted molar refractivity (Wildman–Crippen MR) is 66.1 cm³/mol. The van der Waals surface area contributed by atoms with E-state index in [0.29, 0.717) is 5.56 Å². The van der Waals surface area contributed by atoms with Crippen molar-refractivity contribution < 1.29 is 5.11 Å². The molecule has 1 saturated carbocycles. The fourth-order valence-electron chi connectivity index (χ4n) is 2.89. The molecule has 1 aromatic heterocycles. The topological polar surface area (TPSA) is 42.2 Å². The second kappa shape index (κ2) is 3.70. The van der Waals surface area contributed by atoms with E-state index in [1.165, 1.54) is 30.5 Å². The number of aliphatic hydroxyl groups is 1. The first kappa shape index (κ1) is 11.0. The van der Waals surface area contributed by atoms with Gasteiger partial charge >= 0.3 is 0 Å². The summed E-state index contributed by atoms with van der Waals surface area (Å²) >= 11 is 0. The number of rotatable bonds is 1. The van der Waals surface area contributed by atoms with Gasteiger partial charge in [0.05, 0.1) is 5.60 Å². The third kappa shape index (κ3) is 1.73. The molecule has 0 spiro atoms. The third-order valence-electron chi connectivity index (χ3n) is 4.21. The third-order valence-corrected chi connectivity index (χ3v) is 4.21. The standard InChI is InChI=1S/C14H19NO2/c1-15-12-6-4-2-3-5-10(12)9-11(13(15)16)14(17)7-8-14/h9,17H,2-8H2,1H3. The van der Waals surface area contributed by atoms with Crippen molar-refractivity contribution in [1.29, 1.82) is 0 Å². The molecule has 1 heterocycles. The van der Waals surface area contributed by atoms with Gasteiger partial charge in [-0.25, -0.2) is 0 Å². The van der Waals surface area contributed by atoms with Crippen molar-refractivity contribution in [2.45, 2.75) is 50.5 Å². The van der Waals surface area contributed by atoms with Crippen molar-refractivity contribution in [3.63, 3.8) is 0 Å². The van der Waals surface area contributed by atoms with Crippen LogP contribution < -0.4 is 5.56 Å². The highest BCUT2D eigenvalue weighted by Crippen LogP contribution is 2.44. The van der Waals surface area contributed by atoms with Gasteiger partial charge in [0.1, 0.15) is 0 Å². The Morgan fingerprint density at radius 1 is 1.24 bits per heavy atom. The van der Waals surface area contributed by atoms with E-state index in [-0.39, 0.29) is 5.56 Å². The highest BCUT2D eigenvalue weighted by Gasteiger charge is 2.44. The minimum Gasteiger partial charge on any atom is -0.385 e. The molecule has 0 amide bonds. The maximum atomic E-state index is 12.2. The molecule has 0 aromatic carbocycles. The molecule has 3 heteroatoms. The summed E-state index contributed by atoms with van der Waals surface area (Å²) in [6, 6.07) is 1.98. The minimum absolute atomic E-state index is 0.00523. The summed E-state index contributed by atoms with van der Waals surface area (Å²) in [4.78, 5) is 12.2. The molecule has 3 rings (SSSR count). The molecule has 0 unspecified atom stereocenters. The molecule has 3 nitrogen and oxygen atoms in total. The van der Waals surface area contributed by atoms with Gasteiger partial charge in [-0.15, -0.1) is 0 Å². The van der Waals surface area contributed by atoms with E-state index in [9.17, 15) is 9.90 Å². The van der Waals surface area contributed by atoms with Crippen molar-refractivity contribution in [3.05, 3.63) is 33.2 Å². The Labute approximate surface area is 101 Å². The van der Waals surface area contributed by atoms with Gasteiger partial charge in [0, 0.05) is 18.3 Å². The van der Waals surface area contributed by atoms with Crippen LogP contribution in [0.1, 0.15) is 48.9 Å². The number of fused-ring (bicyclic) bond motifs is 1. The Morgan fingerprint density at radius 3 is 2.65 bits per heavy atom. The van der Waals surface area contributed by atoms with Crippen LogP contribution in [-0.4, -0.2) is 9.67 Å². The normalized spacial score (nSPS) is 21.8. The summed E-state index contributed by atoms with van der Waals surface area (Å²) in [5.74, 6) is 0. The van der Waals surface area contributed by atoms with Crippen LogP contribution in [-0.2, 0) is 25.5 Å². The molecule has 1 fully saturated rings. The lowest BCUT2D eigenvalue weighted by atomic mass is 10.0. The second-order valence-corrected chi connectivity index (χ2v) is 5.49. The maximum absolute atomic E-state index is 12.2. The fraction of sp³-hybridized carbons (Fsp3) is 0.643. The number of pyridine rings is 1. The summed E-state index contributed by atoms with van der Waals surface area (Å²) in [5.41, 5.74) is 2.28. The molecule has 92 valence electrons. The summed E-state index contributed by atoms with van der Waals surface area (Å²) in [6.07, 6.45) is 7.13. The lowest BCUT2D eigenvalue weighted by molar-refractivity contribution is 0.149. The Morgan fingerprint density at radius 2 is 1.94 bits per heavy atom. The summed E-state index contributed by atoms with van der Waals surface area (Å²) < 4.78 is 1.77. The van der Waals surface area contributed by atoms with E-state index in [0.717, 1.165) is 25.7 Å². The fourth-order valence-corrected chi connectivity index (χ4v) is 2.89. The highest BCUT2D eigenvalue weighted by atomic mass is 16.3. The van der Waals surface area contributed by atoms with Crippen molar-refractivity contribution >= 4 is 0 Å². The molecule has 0 saturated heterocycles. The molecular weight excluding hydrogens is 214 g/mol. The minimum atomic E-state index is -0.809. The molecule has 17 heavy (non-hydrogen) atoms. The zero-order chi connectivity index (χ0) is 12.0. The average Bonchev–Trinajstić information content (AvgIpc) is 3.07. The molecule has 1 N–H and O–H groups in total. The summed E-state index contributed by atoms with van der Waals surface area (Å²) in [7, 11) is 1.85. The van der Waals surface area contributed by atoms with Gasteiger partial charge in [-0.05, 0) is 50.2 Å². The lowest BCUT2D eigenvalue weighted by Gasteiger charge is -2.16. The van der Waals surface area contributed by atoms with E-state index < -0.39 is 5.60 Å².